The van der Waals surface area contributed by atoms with Gasteiger partial charge in [-0.15, -0.1) is 0 Å². The lowest BCUT2D eigenvalue weighted by Crippen LogP contribution is -2.64. The van der Waals surface area contributed by atoms with Crippen LogP contribution in [0.25, 0.3) is 0 Å². The number of rotatable bonds is 5. The number of hydrogen-bond acceptors (Lipinski definition) is 3. The van der Waals surface area contributed by atoms with E-state index < -0.39 is 11.2 Å². The number of β-lactam (4-membered cyclic amide) rings is 1. The maximum Gasteiger partial charge on any atom is 0.240 e. The van der Waals surface area contributed by atoms with Gasteiger partial charge in [-0.2, -0.15) is 0 Å². The summed E-state index contributed by atoms with van der Waals surface area (Å²) in [5.74, 6) is -0.604. The summed E-state index contributed by atoms with van der Waals surface area (Å²) in [5, 5.41) is 2.42. The van der Waals surface area contributed by atoms with Crippen molar-refractivity contribution in [2.75, 3.05) is 12.8 Å². The lowest BCUT2D eigenvalue weighted by molar-refractivity contribution is -0.152. The molecule has 1 N–H and O–H groups in total. The van der Waals surface area contributed by atoms with Gasteiger partial charge in [0.15, 0.2) is 0 Å². The Labute approximate surface area is 121 Å². The smallest absolute Gasteiger partial charge is 0.240 e. The number of nitrogens with zero attached hydrogens (tertiary/aromatic N) is 1. The third-order valence-corrected chi connectivity index (χ3v) is 4.74. The van der Waals surface area contributed by atoms with E-state index in [2.05, 4.69) is 5.32 Å². The molecule has 1 aliphatic heterocycles. The van der Waals surface area contributed by atoms with Gasteiger partial charge in [0.25, 0.3) is 0 Å². The molecule has 108 valence electrons. The Morgan fingerprint density at radius 3 is 2.65 bits per heavy atom. The molecule has 20 heavy (non-hydrogen) atoms. The first kappa shape index (κ1) is 14.9. The molecule has 1 aliphatic rings. The SMILES string of the molecule is CC1C(=O)N(CC(=O)NCc2ccccc2)C1[S+](C)[O-]. The second kappa shape index (κ2) is 6.28. The van der Waals surface area contributed by atoms with Gasteiger partial charge >= 0.3 is 0 Å². The molecule has 0 aromatic heterocycles. The van der Waals surface area contributed by atoms with Gasteiger partial charge < -0.3 is 9.87 Å². The number of hydrogen-bond donors (Lipinski definition) is 1. The fraction of sp³-hybridized carbons (Fsp3) is 0.429. The van der Waals surface area contributed by atoms with E-state index >= 15 is 0 Å². The van der Waals surface area contributed by atoms with E-state index in [0.717, 1.165) is 5.56 Å². The standard InChI is InChI=1S/C14H18N2O3S/c1-10-13(18)16(14(10)20(2)19)9-12(17)15-8-11-6-4-3-5-7-11/h3-7,10,14H,8-9H2,1-2H3,(H,15,17). The number of likely N-dealkylation sites (tertiary alicyclic amines) is 1. The lowest BCUT2D eigenvalue weighted by Gasteiger charge is -2.43. The average Bonchev–Trinajstić information content (AvgIpc) is 2.44. The molecule has 1 saturated heterocycles. The van der Waals surface area contributed by atoms with Crippen LogP contribution in [0.5, 0.6) is 0 Å². The Hall–Kier alpha value is -1.53. The highest BCUT2D eigenvalue weighted by molar-refractivity contribution is 7.91. The second-order valence-corrected chi connectivity index (χ2v) is 6.39. The van der Waals surface area contributed by atoms with Crippen LogP contribution < -0.4 is 5.32 Å². The Kier molecular flexibility index (Phi) is 4.67. The monoisotopic (exact) mass is 294 g/mol. The summed E-state index contributed by atoms with van der Waals surface area (Å²) >= 11 is -1.14. The van der Waals surface area contributed by atoms with E-state index in [1.165, 1.54) is 4.90 Å². The van der Waals surface area contributed by atoms with E-state index in [4.69, 9.17) is 0 Å². The molecule has 0 radical (unpaired) electrons. The van der Waals surface area contributed by atoms with Gasteiger partial charge in [0.1, 0.15) is 12.5 Å². The molecule has 2 rings (SSSR count). The van der Waals surface area contributed by atoms with Crippen molar-refractivity contribution < 1.29 is 14.1 Å². The van der Waals surface area contributed by atoms with Crippen molar-refractivity contribution in [3.05, 3.63) is 35.9 Å². The third kappa shape index (κ3) is 3.13. The molecule has 1 aromatic carbocycles. The Morgan fingerprint density at radius 1 is 1.40 bits per heavy atom. The highest BCUT2D eigenvalue weighted by atomic mass is 32.2. The van der Waals surface area contributed by atoms with E-state index in [0.29, 0.717) is 6.54 Å². The summed E-state index contributed by atoms with van der Waals surface area (Å²) in [6.45, 7) is 2.14. The van der Waals surface area contributed by atoms with Crippen LogP contribution in [-0.2, 0) is 27.3 Å². The number of benzene rings is 1. The molecule has 1 fully saturated rings. The Morgan fingerprint density at radius 2 is 2.05 bits per heavy atom. The summed E-state index contributed by atoms with van der Waals surface area (Å²) in [7, 11) is 0. The second-order valence-electron chi connectivity index (χ2n) is 4.91. The number of carbonyl (C=O) groups excluding carboxylic acids is 2. The fourth-order valence-corrected chi connectivity index (χ4v) is 3.57. The molecule has 0 bridgehead atoms. The summed E-state index contributed by atoms with van der Waals surface area (Å²) in [5.41, 5.74) is 1.000. The van der Waals surface area contributed by atoms with Crippen LogP contribution in [0.15, 0.2) is 30.3 Å². The number of carbonyl (C=O) groups is 2. The zero-order chi connectivity index (χ0) is 14.7. The van der Waals surface area contributed by atoms with Crippen molar-refractivity contribution in [1.82, 2.24) is 10.2 Å². The van der Waals surface area contributed by atoms with Gasteiger partial charge in [0.2, 0.25) is 17.2 Å². The summed E-state index contributed by atoms with van der Waals surface area (Å²) in [6, 6.07) is 9.55. The third-order valence-electron chi connectivity index (χ3n) is 3.39. The topological polar surface area (TPSA) is 72.5 Å². The molecule has 0 saturated carbocycles. The largest absolute Gasteiger partial charge is 0.615 e. The van der Waals surface area contributed by atoms with E-state index in [-0.39, 0.29) is 29.7 Å². The van der Waals surface area contributed by atoms with Crippen LogP contribution in [0.2, 0.25) is 0 Å². The molecular weight excluding hydrogens is 276 g/mol. The minimum atomic E-state index is -1.14. The van der Waals surface area contributed by atoms with Crippen LogP contribution in [-0.4, -0.2) is 39.4 Å². The molecule has 2 amide bonds. The molecule has 5 nitrogen and oxygen atoms in total. The molecule has 3 unspecified atom stereocenters. The first-order valence-corrected chi connectivity index (χ1v) is 8.06. The maximum atomic E-state index is 11.8. The zero-order valence-electron chi connectivity index (χ0n) is 11.5. The van der Waals surface area contributed by atoms with Gasteiger partial charge in [0.05, 0.1) is 6.26 Å². The van der Waals surface area contributed by atoms with Crippen molar-refractivity contribution in [3.63, 3.8) is 0 Å². The van der Waals surface area contributed by atoms with Crippen molar-refractivity contribution in [3.8, 4) is 0 Å². The van der Waals surface area contributed by atoms with Gasteiger partial charge in [0, 0.05) is 6.54 Å². The van der Waals surface area contributed by atoms with E-state index in [1.807, 2.05) is 30.3 Å². The van der Waals surface area contributed by atoms with Crippen LogP contribution in [0.4, 0.5) is 0 Å². The normalized spacial score (nSPS) is 23.1. The molecule has 1 aromatic rings. The number of nitrogens with one attached hydrogen (secondary N) is 1. The molecule has 6 heteroatoms. The Balaban J connectivity index is 1.84. The molecule has 0 spiro atoms. The van der Waals surface area contributed by atoms with Crippen LogP contribution in [0.1, 0.15) is 12.5 Å². The van der Waals surface area contributed by atoms with E-state index in [9.17, 15) is 14.1 Å². The molecule has 0 aliphatic carbocycles. The molecule has 1 heterocycles. The quantitative estimate of drug-likeness (QED) is 0.634. The summed E-state index contributed by atoms with van der Waals surface area (Å²) in [4.78, 5) is 24.9. The number of amides is 2. The van der Waals surface area contributed by atoms with Crippen molar-refractivity contribution in [2.24, 2.45) is 5.92 Å². The van der Waals surface area contributed by atoms with E-state index in [1.54, 1.807) is 13.2 Å². The fourth-order valence-electron chi connectivity index (χ4n) is 2.34. The summed E-state index contributed by atoms with van der Waals surface area (Å²) < 4.78 is 11.5. The van der Waals surface area contributed by atoms with Crippen molar-refractivity contribution in [2.45, 2.75) is 18.8 Å². The van der Waals surface area contributed by atoms with Crippen molar-refractivity contribution >= 4 is 23.0 Å². The van der Waals surface area contributed by atoms with Crippen LogP contribution in [0, 0.1) is 5.92 Å². The highest BCUT2D eigenvalue weighted by Crippen LogP contribution is 2.29. The van der Waals surface area contributed by atoms with Gasteiger partial charge in [-0.05, 0) is 23.7 Å². The minimum Gasteiger partial charge on any atom is -0.615 e. The predicted octanol–water partition coefficient (Wildman–Crippen LogP) is 0.486. The first-order chi connectivity index (χ1) is 9.50. The highest BCUT2D eigenvalue weighted by Gasteiger charge is 2.51. The molecular formula is C14H18N2O3S. The average molecular weight is 294 g/mol. The van der Waals surface area contributed by atoms with Gasteiger partial charge in [-0.25, -0.2) is 0 Å². The van der Waals surface area contributed by atoms with Gasteiger partial charge in [-0.1, -0.05) is 30.3 Å². The zero-order valence-corrected chi connectivity index (χ0v) is 12.4. The summed E-state index contributed by atoms with van der Waals surface area (Å²) in [6.07, 6.45) is 1.56. The maximum absolute atomic E-state index is 11.8. The molecule has 3 atom stereocenters. The predicted molar refractivity (Wildman–Crippen MR) is 77.0 cm³/mol. The van der Waals surface area contributed by atoms with Crippen LogP contribution in [0.3, 0.4) is 0 Å². The Bertz CT molecular complexity index is 492. The minimum absolute atomic E-state index is 0.0275. The first-order valence-electron chi connectivity index (χ1n) is 6.44. The van der Waals surface area contributed by atoms with Crippen LogP contribution >= 0.6 is 0 Å². The van der Waals surface area contributed by atoms with Gasteiger partial charge in [-0.3, -0.25) is 14.5 Å². The van der Waals surface area contributed by atoms with Crippen molar-refractivity contribution in [1.29, 1.82) is 0 Å². The lowest BCUT2D eigenvalue weighted by atomic mass is 10.0.